The molecule has 0 saturated carbocycles. The van der Waals surface area contributed by atoms with E-state index < -0.39 is 0 Å². The van der Waals surface area contributed by atoms with Crippen LogP contribution in [-0.2, 0) is 11.3 Å². The highest BCUT2D eigenvalue weighted by molar-refractivity contribution is 5.43. The molecule has 6 nitrogen and oxygen atoms in total. The molecule has 1 atom stereocenters. The molecule has 1 heterocycles. The van der Waals surface area contributed by atoms with Gasteiger partial charge in [-0.1, -0.05) is 32.0 Å². The van der Waals surface area contributed by atoms with Crippen LogP contribution in [0.4, 0.5) is 5.69 Å². The summed E-state index contributed by atoms with van der Waals surface area (Å²) in [5.74, 6) is 1.59. The summed E-state index contributed by atoms with van der Waals surface area (Å²) in [5.41, 5.74) is 6.21. The Bertz CT molecular complexity index is 590. The molecule has 6 heteroatoms. The summed E-state index contributed by atoms with van der Waals surface area (Å²) in [7, 11) is 1.63. The molecule has 2 aromatic rings. The molecule has 0 fully saturated rings. The molecule has 0 amide bonds. The molecule has 0 saturated heterocycles. The minimum absolute atomic E-state index is 0.120. The van der Waals surface area contributed by atoms with Crippen molar-refractivity contribution in [2.24, 2.45) is 5.41 Å². The van der Waals surface area contributed by atoms with E-state index in [4.69, 9.17) is 19.7 Å². The Morgan fingerprint density at radius 2 is 2.10 bits per heavy atom. The Kier molecular flexibility index (Phi) is 4.47. The van der Waals surface area contributed by atoms with Crippen molar-refractivity contribution >= 4 is 5.69 Å². The van der Waals surface area contributed by atoms with Gasteiger partial charge in [0.1, 0.15) is 11.9 Å². The average Bonchev–Trinajstić information content (AvgIpc) is 2.84. The van der Waals surface area contributed by atoms with Crippen LogP contribution < -0.4 is 10.5 Å². The van der Waals surface area contributed by atoms with Gasteiger partial charge in [-0.2, -0.15) is 4.98 Å². The zero-order chi connectivity index (χ0) is 15.5. The highest BCUT2D eigenvalue weighted by Gasteiger charge is 2.30. The van der Waals surface area contributed by atoms with E-state index in [1.165, 1.54) is 0 Å². The second-order valence-electron chi connectivity index (χ2n) is 5.89. The highest BCUT2D eigenvalue weighted by Crippen LogP contribution is 2.33. The van der Waals surface area contributed by atoms with Crippen molar-refractivity contribution in [1.82, 2.24) is 10.1 Å². The third-order valence-corrected chi connectivity index (χ3v) is 2.96. The van der Waals surface area contributed by atoms with Gasteiger partial charge >= 0.3 is 0 Å². The van der Waals surface area contributed by atoms with Crippen LogP contribution in [0.3, 0.4) is 0 Å². The summed E-state index contributed by atoms with van der Waals surface area (Å²) < 4.78 is 16.2. The van der Waals surface area contributed by atoms with Crippen LogP contribution in [0.2, 0.25) is 0 Å². The number of methoxy groups -OCH3 is 1. The quantitative estimate of drug-likeness (QED) is 0.853. The maximum Gasteiger partial charge on any atom is 0.264 e. The van der Waals surface area contributed by atoms with Crippen molar-refractivity contribution in [3.8, 4) is 5.75 Å². The smallest absolute Gasteiger partial charge is 0.264 e. The number of rotatable bonds is 5. The molecule has 0 bridgehead atoms. The lowest BCUT2D eigenvalue weighted by atomic mass is 9.88. The highest BCUT2D eigenvalue weighted by atomic mass is 16.5. The molecule has 0 radical (unpaired) electrons. The summed E-state index contributed by atoms with van der Waals surface area (Å²) in [4.78, 5) is 4.33. The summed E-state index contributed by atoms with van der Waals surface area (Å²) in [6.45, 7) is 6.36. The molecule has 1 aromatic carbocycles. The largest absolute Gasteiger partial charge is 0.484 e. The van der Waals surface area contributed by atoms with Gasteiger partial charge in [-0.05, 0) is 17.5 Å². The number of nitrogens with two attached hydrogens (primary N) is 1. The van der Waals surface area contributed by atoms with Gasteiger partial charge in [0.15, 0.2) is 6.61 Å². The van der Waals surface area contributed by atoms with Gasteiger partial charge in [0.25, 0.3) is 5.89 Å². The zero-order valence-corrected chi connectivity index (χ0v) is 12.8. The Labute approximate surface area is 124 Å². The summed E-state index contributed by atoms with van der Waals surface area (Å²) in [6, 6.07) is 7.18. The van der Waals surface area contributed by atoms with Crippen LogP contribution >= 0.6 is 0 Å². The van der Waals surface area contributed by atoms with Gasteiger partial charge in [0, 0.05) is 18.9 Å². The molecule has 2 rings (SSSR count). The van der Waals surface area contributed by atoms with Crippen molar-refractivity contribution in [2.75, 3.05) is 12.8 Å². The molecule has 0 aliphatic rings. The van der Waals surface area contributed by atoms with Crippen molar-refractivity contribution in [3.63, 3.8) is 0 Å². The number of ether oxygens (including phenoxy) is 2. The van der Waals surface area contributed by atoms with Crippen LogP contribution in [0.5, 0.6) is 5.75 Å². The molecule has 0 aliphatic heterocycles. The number of hydrogen-bond acceptors (Lipinski definition) is 6. The maximum absolute atomic E-state index is 5.69. The first kappa shape index (κ1) is 15.3. The van der Waals surface area contributed by atoms with Crippen molar-refractivity contribution in [3.05, 3.63) is 36.0 Å². The second-order valence-corrected chi connectivity index (χ2v) is 5.89. The van der Waals surface area contributed by atoms with Gasteiger partial charge in [0.05, 0.1) is 0 Å². The Hall–Kier alpha value is -2.08. The van der Waals surface area contributed by atoms with Crippen molar-refractivity contribution < 1.29 is 14.0 Å². The average molecular weight is 291 g/mol. The summed E-state index contributed by atoms with van der Waals surface area (Å²) in [6.07, 6.45) is -0.234. The lowest BCUT2D eigenvalue weighted by Gasteiger charge is -2.26. The Balaban J connectivity index is 2.03. The molecule has 114 valence electrons. The number of hydrogen-bond donors (Lipinski definition) is 1. The van der Waals surface area contributed by atoms with E-state index in [2.05, 4.69) is 30.9 Å². The molecule has 21 heavy (non-hydrogen) atoms. The number of anilines is 1. The second kappa shape index (κ2) is 6.13. The standard InChI is InChI=1S/C15H21N3O3/c1-15(2,3)13(19-4)14-17-12(21-18-14)9-20-11-7-5-6-10(16)8-11/h5-8,13H,9,16H2,1-4H3. The normalized spacial score (nSPS) is 13.1. The van der Waals surface area contributed by atoms with E-state index in [1.807, 2.05) is 12.1 Å². The van der Waals surface area contributed by atoms with E-state index in [-0.39, 0.29) is 18.1 Å². The number of nitrogen functional groups attached to an aromatic ring is 1. The van der Waals surface area contributed by atoms with Crippen LogP contribution in [0, 0.1) is 5.41 Å². The minimum Gasteiger partial charge on any atom is -0.484 e. The van der Waals surface area contributed by atoms with Crippen LogP contribution in [0.25, 0.3) is 0 Å². The monoisotopic (exact) mass is 291 g/mol. The molecular weight excluding hydrogens is 270 g/mol. The molecule has 0 aliphatic carbocycles. The van der Waals surface area contributed by atoms with Gasteiger partial charge < -0.3 is 19.7 Å². The van der Waals surface area contributed by atoms with Crippen LogP contribution in [-0.4, -0.2) is 17.3 Å². The van der Waals surface area contributed by atoms with E-state index in [1.54, 1.807) is 19.2 Å². The van der Waals surface area contributed by atoms with E-state index >= 15 is 0 Å². The number of benzene rings is 1. The van der Waals surface area contributed by atoms with Gasteiger partial charge in [0.2, 0.25) is 5.82 Å². The Morgan fingerprint density at radius 3 is 2.71 bits per heavy atom. The van der Waals surface area contributed by atoms with Crippen molar-refractivity contribution in [2.45, 2.75) is 33.5 Å². The molecule has 0 spiro atoms. The first-order valence-corrected chi connectivity index (χ1v) is 6.74. The van der Waals surface area contributed by atoms with Gasteiger partial charge in [-0.3, -0.25) is 0 Å². The predicted molar refractivity (Wildman–Crippen MR) is 78.7 cm³/mol. The van der Waals surface area contributed by atoms with Crippen molar-refractivity contribution in [1.29, 1.82) is 0 Å². The fraction of sp³-hybridized carbons (Fsp3) is 0.467. The maximum atomic E-state index is 5.69. The van der Waals surface area contributed by atoms with E-state index in [0.29, 0.717) is 23.2 Å². The topological polar surface area (TPSA) is 83.4 Å². The van der Waals surface area contributed by atoms with E-state index in [9.17, 15) is 0 Å². The zero-order valence-electron chi connectivity index (χ0n) is 12.8. The summed E-state index contributed by atoms with van der Waals surface area (Å²) >= 11 is 0. The molecular formula is C15H21N3O3. The van der Waals surface area contributed by atoms with Crippen LogP contribution in [0.15, 0.2) is 28.8 Å². The SMILES string of the molecule is COC(c1noc(COc2cccc(N)c2)n1)C(C)(C)C. The fourth-order valence-corrected chi connectivity index (χ4v) is 2.03. The van der Waals surface area contributed by atoms with Gasteiger partial charge in [-0.25, -0.2) is 0 Å². The lowest BCUT2D eigenvalue weighted by molar-refractivity contribution is 0.00718. The lowest BCUT2D eigenvalue weighted by Crippen LogP contribution is -2.21. The summed E-state index contributed by atoms with van der Waals surface area (Å²) in [5, 5.41) is 3.97. The first-order valence-electron chi connectivity index (χ1n) is 6.74. The minimum atomic E-state index is -0.234. The fourth-order valence-electron chi connectivity index (χ4n) is 2.03. The predicted octanol–water partition coefficient (Wildman–Crippen LogP) is 2.96. The first-order chi connectivity index (χ1) is 9.90. The molecule has 2 N–H and O–H groups in total. The molecule has 1 aromatic heterocycles. The number of aromatic nitrogens is 2. The van der Waals surface area contributed by atoms with E-state index in [0.717, 1.165) is 0 Å². The molecule has 1 unspecified atom stereocenters. The Morgan fingerprint density at radius 1 is 1.33 bits per heavy atom. The van der Waals surface area contributed by atoms with Gasteiger partial charge in [-0.15, -0.1) is 0 Å². The van der Waals surface area contributed by atoms with Crippen LogP contribution in [0.1, 0.15) is 38.6 Å². The third-order valence-electron chi connectivity index (χ3n) is 2.96. The third kappa shape index (κ3) is 3.95. The number of nitrogens with zero attached hydrogens (tertiary/aromatic N) is 2.